The Morgan fingerprint density at radius 3 is 2.04 bits per heavy atom. The average molecular weight is 367 g/mol. The highest BCUT2D eigenvalue weighted by Crippen LogP contribution is 2.44. The molecule has 2 aromatic carbocycles. The molecule has 2 aromatic rings. The van der Waals surface area contributed by atoms with E-state index >= 15 is 0 Å². The molecule has 0 radical (unpaired) electrons. The summed E-state index contributed by atoms with van der Waals surface area (Å²) in [6.45, 7) is 6.24. The first kappa shape index (κ1) is 19.0. The lowest BCUT2D eigenvalue weighted by molar-refractivity contribution is -0.145. The van der Waals surface area contributed by atoms with Crippen LogP contribution in [0.4, 0.5) is 4.79 Å². The molecule has 0 fully saturated rings. The largest absolute Gasteiger partial charge is 0.464 e. The predicted molar refractivity (Wildman–Crippen MR) is 103 cm³/mol. The molecule has 1 amide bonds. The molecule has 5 heteroatoms. The average Bonchev–Trinajstić information content (AvgIpc) is 2.96. The Kier molecular flexibility index (Phi) is 5.49. The van der Waals surface area contributed by atoms with E-state index in [4.69, 9.17) is 9.47 Å². The minimum absolute atomic E-state index is 0.00371. The fourth-order valence-corrected chi connectivity index (χ4v) is 3.14. The van der Waals surface area contributed by atoms with Crippen LogP contribution in [0.5, 0.6) is 0 Å². The predicted octanol–water partition coefficient (Wildman–Crippen LogP) is 4.11. The van der Waals surface area contributed by atoms with Gasteiger partial charge in [0, 0.05) is 5.92 Å². The number of alkyl carbamates (subject to hydrolysis) is 1. The van der Waals surface area contributed by atoms with Crippen molar-refractivity contribution in [1.29, 1.82) is 0 Å². The lowest BCUT2D eigenvalue weighted by atomic mass is 9.98. The fourth-order valence-electron chi connectivity index (χ4n) is 3.14. The fraction of sp³-hybridized carbons (Fsp3) is 0.364. The molecular weight excluding hydrogens is 342 g/mol. The van der Waals surface area contributed by atoms with Gasteiger partial charge in [-0.2, -0.15) is 0 Å². The summed E-state index contributed by atoms with van der Waals surface area (Å²) in [5.74, 6) is -0.477. The van der Waals surface area contributed by atoms with Gasteiger partial charge in [-0.3, -0.25) is 4.79 Å². The number of hydrogen-bond donors (Lipinski definition) is 1. The Morgan fingerprint density at radius 2 is 1.48 bits per heavy atom. The summed E-state index contributed by atoms with van der Waals surface area (Å²) in [6.07, 6.45) is -0.621. The highest BCUT2D eigenvalue weighted by atomic mass is 16.6. The second-order valence-corrected chi connectivity index (χ2v) is 7.90. The summed E-state index contributed by atoms with van der Waals surface area (Å²) >= 11 is 0. The Labute approximate surface area is 159 Å². The number of amides is 1. The summed E-state index contributed by atoms with van der Waals surface area (Å²) in [5.41, 5.74) is 4.53. The molecule has 0 unspecified atom stereocenters. The summed E-state index contributed by atoms with van der Waals surface area (Å²) in [6, 6.07) is 16.3. The van der Waals surface area contributed by atoms with E-state index in [0.717, 1.165) is 11.1 Å². The monoisotopic (exact) mass is 367 g/mol. The molecular formula is C22H25NO4. The maximum atomic E-state index is 12.0. The van der Waals surface area contributed by atoms with Crippen LogP contribution in [0.15, 0.2) is 48.5 Å². The van der Waals surface area contributed by atoms with Crippen molar-refractivity contribution < 1.29 is 19.1 Å². The summed E-state index contributed by atoms with van der Waals surface area (Å²) in [7, 11) is 0. The van der Waals surface area contributed by atoms with Crippen molar-refractivity contribution in [2.45, 2.75) is 26.7 Å². The van der Waals surface area contributed by atoms with Crippen LogP contribution in [0.25, 0.3) is 11.1 Å². The third-order valence-electron chi connectivity index (χ3n) is 4.39. The Hall–Kier alpha value is -2.82. The first-order chi connectivity index (χ1) is 12.8. The van der Waals surface area contributed by atoms with Crippen LogP contribution in [0, 0.1) is 5.41 Å². The van der Waals surface area contributed by atoms with Crippen molar-refractivity contribution in [3.63, 3.8) is 0 Å². The van der Waals surface area contributed by atoms with E-state index < -0.39 is 12.1 Å². The van der Waals surface area contributed by atoms with E-state index in [1.807, 2.05) is 45.0 Å². The second-order valence-electron chi connectivity index (χ2n) is 7.90. The molecule has 27 heavy (non-hydrogen) atoms. The van der Waals surface area contributed by atoms with Gasteiger partial charge in [-0.25, -0.2) is 4.79 Å². The lowest BCUT2D eigenvalue weighted by Crippen LogP contribution is -2.33. The molecule has 0 heterocycles. The third kappa shape index (κ3) is 4.67. The Morgan fingerprint density at radius 1 is 0.926 bits per heavy atom. The minimum Gasteiger partial charge on any atom is -0.464 e. The van der Waals surface area contributed by atoms with Crippen molar-refractivity contribution in [3.05, 3.63) is 59.7 Å². The number of fused-ring (bicyclic) bond motifs is 3. The van der Waals surface area contributed by atoms with Crippen molar-refractivity contribution in [2.75, 3.05) is 19.8 Å². The van der Waals surface area contributed by atoms with Gasteiger partial charge >= 0.3 is 12.1 Å². The highest BCUT2D eigenvalue weighted by molar-refractivity contribution is 5.80. The van der Waals surface area contributed by atoms with Crippen LogP contribution in [0.2, 0.25) is 0 Å². The number of esters is 1. The molecule has 142 valence electrons. The first-order valence-electron chi connectivity index (χ1n) is 9.09. The van der Waals surface area contributed by atoms with Gasteiger partial charge in [-0.05, 0) is 27.7 Å². The van der Waals surface area contributed by atoms with Gasteiger partial charge in [0.25, 0.3) is 0 Å². The topological polar surface area (TPSA) is 64.6 Å². The number of rotatable bonds is 5. The molecule has 1 N–H and O–H groups in total. The zero-order valence-corrected chi connectivity index (χ0v) is 16.0. The highest BCUT2D eigenvalue weighted by Gasteiger charge is 2.29. The van der Waals surface area contributed by atoms with Crippen LogP contribution in [0.1, 0.15) is 37.8 Å². The van der Waals surface area contributed by atoms with Gasteiger partial charge in [0.15, 0.2) is 0 Å². The second kappa shape index (κ2) is 7.82. The number of ether oxygens (including phenoxy) is 2. The van der Waals surface area contributed by atoms with Gasteiger partial charge in [0.05, 0.1) is 6.61 Å². The number of benzene rings is 2. The number of carbonyl (C=O) groups is 2. The Balaban J connectivity index is 1.54. The molecule has 1 aliphatic rings. The van der Waals surface area contributed by atoms with Crippen molar-refractivity contribution in [1.82, 2.24) is 5.32 Å². The molecule has 0 saturated carbocycles. The summed E-state index contributed by atoms with van der Waals surface area (Å²) < 4.78 is 10.5. The van der Waals surface area contributed by atoms with Gasteiger partial charge in [0.1, 0.15) is 13.2 Å². The van der Waals surface area contributed by atoms with Crippen LogP contribution in [-0.2, 0) is 14.3 Å². The molecule has 0 aromatic heterocycles. The van der Waals surface area contributed by atoms with E-state index in [1.165, 1.54) is 11.1 Å². The van der Waals surface area contributed by atoms with Crippen molar-refractivity contribution in [3.8, 4) is 11.1 Å². The molecule has 0 atom stereocenters. The van der Waals surface area contributed by atoms with Gasteiger partial charge < -0.3 is 14.8 Å². The zero-order chi connectivity index (χ0) is 19.4. The van der Waals surface area contributed by atoms with E-state index in [1.54, 1.807) is 0 Å². The van der Waals surface area contributed by atoms with E-state index in [-0.39, 0.29) is 24.5 Å². The standard InChI is InChI=1S/C22H25NO4/c1-22(2,3)14-27-20(24)12-23-21(25)26-13-19-17-10-6-4-8-15(17)16-9-5-7-11-18(16)19/h4-11,19H,12-14H2,1-3H3,(H,23,25). The first-order valence-corrected chi connectivity index (χ1v) is 9.09. The quantitative estimate of drug-likeness (QED) is 0.808. The van der Waals surface area contributed by atoms with Gasteiger partial charge in [0.2, 0.25) is 0 Å². The number of nitrogens with one attached hydrogen (secondary N) is 1. The van der Waals surface area contributed by atoms with Crippen molar-refractivity contribution >= 4 is 12.1 Å². The molecule has 0 saturated heterocycles. The van der Waals surface area contributed by atoms with Crippen LogP contribution in [-0.4, -0.2) is 31.8 Å². The minimum atomic E-state index is -0.621. The van der Waals surface area contributed by atoms with Gasteiger partial charge in [-0.15, -0.1) is 0 Å². The molecule has 0 bridgehead atoms. The van der Waals surface area contributed by atoms with Crippen LogP contribution < -0.4 is 5.32 Å². The van der Waals surface area contributed by atoms with E-state index in [2.05, 4.69) is 29.6 Å². The maximum absolute atomic E-state index is 12.0. The molecule has 3 rings (SSSR count). The number of hydrogen-bond acceptors (Lipinski definition) is 4. The normalized spacial score (nSPS) is 12.9. The SMILES string of the molecule is CC(C)(C)COC(=O)CNC(=O)OCC1c2ccccc2-c2ccccc21. The smallest absolute Gasteiger partial charge is 0.407 e. The van der Waals surface area contributed by atoms with Crippen LogP contribution in [0.3, 0.4) is 0 Å². The lowest BCUT2D eigenvalue weighted by Gasteiger charge is -2.18. The molecule has 1 aliphatic carbocycles. The van der Waals surface area contributed by atoms with Crippen LogP contribution >= 0.6 is 0 Å². The van der Waals surface area contributed by atoms with Gasteiger partial charge in [-0.1, -0.05) is 69.3 Å². The van der Waals surface area contributed by atoms with E-state index in [0.29, 0.717) is 6.61 Å². The Bertz CT molecular complexity index is 793. The maximum Gasteiger partial charge on any atom is 0.407 e. The molecule has 5 nitrogen and oxygen atoms in total. The summed E-state index contributed by atoms with van der Waals surface area (Å²) in [4.78, 5) is 23.7. The summed E-state index contributed by atoms with van der Waals surface area (Å²) in [5, 5.41) is 2.45. The number of carbonyl (C=O) groups excluding carboxylic acids is 2. The third-order valence-corrected chi connectivity index (χ3v) is 4.39. The van der Waals surface area contributed by atoms with Crippen molar-refractivity contribution in [2.24, 2.45) is 5.41 Å². The zero-order valence-electron chi connectivity index (χ0n) is 16.0. The molecule has 0 aliphatic heterocycles. The van der Waals surface area contributed by atoms with E-state index in [9.17, 15) is 9.59 Å². The molecule has 0 spiro atoms.